The number of methoxy groups -OCH3 is 2. The molecule has 0 saturated heterocycles. The van der Waals surface area contributed by atoms with E-state index in [0.29, 0.717) is 36.6 Å². The van der Waals surface area contributed by atoms with Crippen LogP contribution in [0.3, 0.4) is 0 Å². The van der Waals surface area contributed by atoms with Gasteiger partial charge in [-0.3, -0.25) is 9.59 Å². The van der Waals surface area contributed by atoms with Gasteiger partial charge in [-0.2, -0.15) is 0 Å². The van der Waals surface area contributed by atoms with Gasteiger partial charge in [0.25, 0.3) is 5.91 Å². The Bertz CT molecular complexity index is 678. The van der Waals surface area contributed by atoms with Gasteiger partial charge in [-0.15, -0.1) is 0 Å². The van der Waals surface area contributed by atoms with Gasteiger partial charge in [0.1, 0.15) is 17.1 Å². The third-order valence-electron chi connectivity index (χ3n) is 3.60. The maximum Gasteiger partial charge on any atom is 0.407 e. The summed E-state index contributed by atoms with van der Waals surface area (Å²) in [6.07, 6.45) is 0.162. The quantitative estimate of drug-likeness (QED) is 0.508. The molecular weight excluding hydrogens is 378 g/mol. The van der Waals surface area contributed by atoms with Crippen LogP contribution in [0.25, 0.3) is 0 Å². The van der Waals surface area contributed by atoms with Crippen LogP contribution in [0.1, 0.15) is 44.0 Å². The smallest absolute Gasteiger partial charge is 0.407 e. The van der Waals surface area contributed by atoms with Crippen molar-refractivity contribution in [2.75, 3.05) is 33.9 Å². The zero-order chi connectivity index (χ0) is 21.9. The Morgan fingerprint density at radius 2 is 1.45 bits per heavy atom. The molecule has 0 aliphatic heterocycles. The molecule has 0 unspecified atom stereocenters. The largest absolute Gasteiger partial charge is 0.497 e. The fourth-order valence-corrected chi connectivity index (χ4v) is 2.24. The molecule has 9 heteroatoms. The number of benzene rings is 1. The Kier molecular flexibility index (Phi) is 9.78. The number of carbonyl (C=O) groups excluding carboxylic acids is 3. The van der Waals surface area contributed by atoms with Crippen LogP contribution < -0.4 is 25.4 Å². The molecular formula is C20H31N3O6. The van der Waals surface area contributed by atoms with E-state index >= 15 is 0 Å². The standard InChI is InChI=1S/C20H31N3O6/c1-20(2,3)29-19(26)23-10-7-17(24)21-8-6-9-22-18(25)14-11-15(27-4)13-16(12-14)28-5/h11-13H,6-10H2,1-5H3,(H,21,24)(H,22,25)(H,23,26). The van der Waals surface area contributed by atoms with Crippen LogP contribution in [0.4, 0.5) is 4.79 Å². The molecule has 162 valence electrons. The lowest BCUT2D eigenvalue weighted by Gasteiger charge is -2.19. The zero-order valence-corrected chi connectivity index (χ0v) is 17.7. The summed E-state index contributed by atoms with van der Waals surface area (Å²) >= 11 is 0. The number of ether oxygens (including phenoxy) is 3. The van der Waals surface area contributed by atoms with Crippen molar-refractivity contribution in [1.82, 2.24) is 16.0 Å². The first kappa shape index (κ1) is 24.1. The van der Waals surface area contributed by atoms with Gasteiger partial charge >= 0.3 is 6.09 Å². The van der Waals surface area contributed by atoms with Crippen molar-refractivity contribution in [2.24, 2.45) is 0 Å². The van der Waals surface area contributed by atoms with Crippen LogP contribution in [-0.4, -0.2) is 57.4 Å². The molecule has 0 aliphatic carbocycles. The molecule has 1 aromatic rings. The average molecular weight is 409 g/mol. The molecule has 3 amide bonds. The molecule has 0 saturated carbocycles. The van der Waals surface area contributed by atoms with E-state index in [4.69, 9.17) is 14.2 Å². The van der Waals surface area contributed by atoms with E-state index in [2.05, 4.69) is 16.0 Å². The average Bonchev–Trinajstić information content (AvgIpc) is 2.65. The summed E-state index contributed by atoms with van der Waals surface area (Å²) in [6.45, 7) is 6.30. The highest BCUT2D eigenvalue weighted by Crippen LogP contribution is 2.22. The lowest BCUT2D eigenvalue weighted by Crippen LogP contribution is -2.35. The third kappa shape index (κ3) is 10.2. The molecule has 0 spiro atoms. The molecule has 0 aliphatic rings. The number of nitrogens with one attached hydrogen (secondary N) is 3. The first-order valence-corrected chi connectivity index (χ1v) is 9.39. The summed E-state index contributed by atoms with van der Waals surface area (Å²) in [5, 5.41) is 8.04. The highest BCUT2D eigenvalue weighted by atomic mass is 16.6. The van der Waals surface area contributed by atoms with Gasteiger partial charge in [0.15, 0.2) is 0 Å². The minimum Gasteiger partial charge on any atom is -0.497 e. The monoisotopic (exact) mass is 409 g/mol. The predicted molar refractivity (Wildman–Crippen MR) is 108 cm³/mol. The van der Waals surface area contributed by atoms with Gasteiger partial charge in [0, 0.05) is 37.7 Å². The van der Waals surface area contributed by atoms with Crippen molar-refractivity contribution in [3.8, 4) is 11.5 Å². The van der Waals surface area contributed by atoms with Crippen molar-refractivity contribution in [2.45, 2.75) is 39.2 Å². The van der Waals surface area contributed by atoms with Crippen LogP contribution >= 0.6 is 0 Å². The molecule has 0 atom stereocenters. The highest BCUT2D eigenvalue weighted by molar-refractivity contribution is 5.95. The highest BCUT2D eigenvalue weighted by Gasteiger charge is 2.15. The summed E-state index contributed by atoms with van der Waals surface area (Å²) in [5.41, 5.74) is -0.147. The minimum absolute atomic E-state index is 0.148. The summed E-state index contributed by atoms with van der Waals surface area (Å²) < 4.78 is 15.4. The number of rotatable bonds is 10. The molecule has 0 bridgehead atoms. The molecule has 29 heavy (non-hydrogen) atoms. The Hall–Kier alpha value is -2.97. The van der Waals surface area contributed by atoms with Crippen molar-refractivity contribution < 1.29 is 28.6 Å². The Labute approximate surface area is 171 Å². The zero-order valence-electron chi connectivity index (χ0n) is 17.7. The van der Waals surface area contributed by atoms with Gasteiger partial charge in [-0.1, -0.05) is 0 Å². The maximum atomic E-state index is 12.2. The predicted octanol–water partition coefficient (Wildman–Crippen LogP) is 1.85. The van der Waals surface area contributed by atoms with E-state index in [-0.39, 0.29) is 24.8 Å². The van der Waals surface area contributed by atoms with Gasteiger partial charge in [0.05, 0.1) is 14.2 Å². The van der Waals surface area contributed by atoms with Crippen LogP contribution in [-0.2, 0) is 9.53 Å². The Balaban J connectivity index is 2.22. The second-order valence-electron chi connectivity index (χ2n) is 7.24. The number of alkyl carbamates (subject to hydrolysis) is 1. The molecule has 0 heterocycles. The molecule has 0 fully saturated rings. The molecule has 0 radical (unpaired) electrons. The van der Waals surface area contributed by atoms with Crippen molar-refractivity contribution in [3.05, 3.63) is 23.8 Å². The first-order valence-electron chi connectivity index (χ1n) is 9.39. The van der Waals surface area contributed by atoms with Gasteiger partial charge in [0.2, 0.25) is 5.91 Å². The van der Waals surface area contributed by atoms with E-state index < -0.39 is 11.7 Å². The fourth-order valence-electron chi connectivity index (χ4n) is 2.24. The molecule has 3 N–H and O–H groups in total. The number of carbonyl (C=O) groups is 3. The van der Waals surface area contributed by atoms with Gasteiger partial charge < -0.3 is 30.2 Å². The second-order valence-corrected chi connectivity index (χ2v) is 7.24. The number of amides is 3. The molecule has 0 aromatic heterocycles. The fraction of sp³-hybridized carbons (Fsp3) is 0.550. The van der Waals surface area contributed by atoms with Gasteiger partial charge in [-0.25, -0.2) is 4.79 Å². The van der Waals surface area contributed by atoms with Crippen molar-refractivity contribution >= 4 is 17.9 Å². The number of hydrogen-bond donors (Lipinski definition) is 3. The van der Waals surface area contributed by atoms with E-state index in [1.54, 1.807) is 39.0 Å². The van der Waals surface area contributed by atoms with Crippen molar-refractivity contribution in [3.63, 3.8) is 0 Å². The summed E-state index contributed by atoms with van der Waals surface area (Å²) in [6, 6.07) is 4.93. The Morgan fingerprint density at radius 3 is 2.00 bits per heavy atom. The van der Waals surface area contributed by atoms with E-state index in [9.17, 15) is 14.4 Å². The SMILES string of the molecule is COc1cc(OC)cc(C(=O)NCCCNC(=O)CCNC(=O)OC(C)(C)C)c1. The lowest BCUT2D eigenvalue weighted by molar-refractivity contribution is -0.120. The summed E-state index contributed by atoms with van der Waals surface area (Å²) in [5.74, 6) is 0.614. The molecule has 1 rings (SSSR count). The maximum absolute atomic E-state index is 12.2. The minimum atomic E-state index is -0.577. The summed E-state index contributed by atoms with van der Waals surface area (Å²) in [7, 11) is 3.03. The Morgan fingerprint density at radius 1 is 0.862 bits per heavy atom. The lowest BCUT2D eigenvalue weighted by atomic mass is 10.2. The van der Waals surface area contributed by atoms with Crippen LogP contribution in [0.2, 0.25) is 0 Å². The van der Waals surface area contributed by atoms with Crippen molar-refractivity contribution in [1.29, 1.82) is 0 Å². The molecule has 1 aromatic carbocycles. The second kappa shape index (κ2) is 11.8. The van der Waals surface area contributed by atoms with E-state index in [1.807, 2.05) is 0 Å². The van der Waals surface area contributed by atoms with Gasteiger partial charge in [-0.05, 0) is 39.3 Å². The third-order valence-corrected chi connectivity index (χ3v) is 3.60. The van der Waals surface area contributed by atoms with E-state index in [0.717, 1.165) is 0 Å². The van der Waals surface area contributed by atoms with Crippen LogP contribution in [0, 0.1) is 0 Å². The van der Waals surface area contributed by atoms with E-state index in [1.165, 1.54) is 14.2 Å². The first-order chi connectivity index (χ1) is 13.6. The van der Waals surface area contributed by atoms with Crippen LogP contribution in [0.5, 0.6) is 11.5 Å². The topological polar surface area (TPSA) is 115 Å². The van der Waals surface area contributed by atoms with Crippen LogP contribution in [0.15, 0.2) is 18.2 Å². The number of hydrogen-bond acceptors (Lipinski definition) is 6. The normalized spacial score (nSPS) is 10.7. The summed E-state index contributed by atoms with van der Waals surface area (Å²) in [4.78, 5) is 35.5. The molecule has 9 nitrogen and oxygen atoms in total.